The summed E-state index contributed by atoms with van der Waals surface area (Å²) in [4.78, 5) is 42.3. The van der Waals surface area contributed by atoms with Crippen molar-refractivity contribution >= 4 is 40.4 Å². The maximum Gasteiger partial charge on any atom is 0.312 e. The molecule has 1 aliphatic rings. The van der Waals surface area contributed by atoms with Crippen molar-refractivity contribution in [2.45, 2.75) is 25.3 Å². The number of anilines is 1. The van der Waals surface area contributed by atoms with Crippen LogP contribution in [0.1, 0.15) is 24.8 Å². The number of aliphatic carboxylic acids is 1. The molecule has 0 unspecified atom stereocenters. The van der Waals surface area contributed by atoms with Gasteiger partial charge in [-0.25, -0.2) is 4.98 Å². The van der Waals surface area contributed by atoms with Crippen molar-refractivity contribution in [3.63, 3.8) is 0 Å². The van der Waals surface area contributed by atoms with Gasteiger partial charge in [0.2, 0.25) is 11.8 Å². The summed E-state index contributed by atoms with van der Waals surface area (Å²) in [6.45, 7) is 0.913. The van der Waals surface area contributed by atoms with Gasteiger partial charge in [-0.3, -0.25) is 14.4 Å². The van der Waals surface area contributed by atoms with Gasteiger partial charge in [-0.1, -0.05) is 12.1 Å². The van der Waals surface area contributed by atoms with Gasteiger partial charge in [0.25, 0.3) is 0 Å². The summed E-state index contributed by atoms with van der Waals surface area (Å²) >= 11 is 0. The Morgan fingerprint density at radius 3 is 2.69 bits per heavy atom. The summed E-state index contributed by atoms with van der Waals surface area (Å²) in [5.74, 6) is -1.14. The summed E-state index contributed by atoms with van der Waals surface area (Å²) in [7, 11) is 1.75. The highest BCUT2D eigenvalue weighted by atomic mass is 16.4. The number of carbonyl (C=O) groups excluding carboxylic acids is 2. The molecule has 1 aromatic heterocycles. The predicted molar refractivity (Wildman–Crippen MR) is 110 cm³/mol. The number of carbonyl (C=O) groups is 3. The highest BCUT2D eigenvalue weighted by molar-refractivity contribution is 5.95. The number of carboxylic acid groups (broad SMARTS) is 1. The second-order valence-electron chi connectivity index (χ2n) is 7.14. The molecule has 0 spiro atoms. The van der Waals surface area contributed by atoms with Crippen molar-refractivity contribution in [1.82, 2.24) is 14.8 Å². The zero-order valence-electron chi connectivity index (χ0n) is 16.2. The molecule has 0 radical (unpaired) electrons. The maximum atomic E-state index is 12.5. The molecule has 8 heteroatoms. The second kappa shape index (κ2) is 8.72. The van der Waals surface area contributed by atoms with Crippen molar-refractivity contribution in [2.24, 2.45) is 0 Å². The first-order valence-electron chi connectivity index (χ1n) is 9.44. The Morgan fingerprint density at radius 2 is 2.00 bits per heavy atom. The van der Waals surface area contributed by atoms with Gasteiger partial charge in [0.15, 0.2) is 0 Å². The number of nitrogens with two attached hydrogens (primary N) is 1. The molecule has 3 rings (SSSR count). The first kappa shape index (κ1) is 20.3. The van der Waals surface area contributed by atoms with Crippen LogP contribution >= 0.6 is 0 Å². The van der Waals surface area contributed by atoms with Crippen LogP contribution in [-0.4, -0.2) is 63.9 Å². The number of hydrogen-bond acceptors (Lipinski definition) is 5. The third kappa shape index (κ3) is 4.90. The number of amides is 2. The van der Waals surface area contributed by atoms with Crippen LogP contribution in [0.15, 0.2) is 36.5 Å². The van der Waals surface area contributed by atoms with E-state index in [-0.39, 0.29) is 17.9 Å². The molecule has 2 amide bonds. The second-order valence-corrected chi connectivity index (χ2v) is 7.14. The molecule has 152 valence electrons. The molecule has 2 aromatic rings. The quantitative estimate of drug-likeness (QED) is 0.587. The molecular formula is C21H24N4O4. The molecule has 1 saturated heterocycles. The van der Waals surface area contributed by atoms with Crippen LogP contribution in [0.3, 0.4) is 0 Å². The lowest BCUT2D eigenvalue weighted by atomic mass is 10.0. The maximum absolute atomic E-state index is 12.5. The van der Waals surface area contributed by atoms with Crippen LogP contribution < -0.4 is 5.73 Å². The number of hydrogen-bond donors (Lipinski definition) is 2. The smallest absolute Gasteiger partial charge is 0.312 e. The lowest BCUT2D eigenvalue weighted by Gasteiger charge is -2.36. The van der Waals surface area contributed by atoms with Crippen molar-refractivity contribution in [2.75, 3.05) is 25.9 Å². The zero-order chi connectivity index (χ0) is 21.0. The minimum absolute atomic E-state index is 0.0171. The number of fused-ring (bicyclic) bond motifs is 1. The number of aromatic nitrogens is 1. The fourth-order valence-electron chi connectivity index (χ4n) is 3.53. The average molecular weight is 396 g/mol. The number of nitrogen functional groups attached to an aromatic ring is 1. The van der Waals surface area contributed by atoms with Gasteiger partial charge < -0.3 is 20.6 Å². The summed E-state index contributed by atoms with van der Waals surface area (Å²) in [6, 6.07) is 7.61. The number of piperidine rings is 1. The van der Waals surface area contributed by atoms with Gasteiger partial charge in [-0.2, -0.15) is 0 Å². The number of rotatable bonds is 5. The number of likely N-dealkylation sites (tertiary alicyclic amines) is 1. The van der Waals surface area contributed by atoms with Gasteiger partial charge in [0.05, 0.1) is 0 Å². The van der Waals surface area contributed by atoms with Crippen molar-refractivity contribution in [1.29, 1.82) is 0 Å². The Balaban J connectivity index is 1.58. The number of likely N-dealkylation sites (N-methyl/N-ethyl adjacent to an activating group) is 1. The van der Waals surface area contributed by atoms with Gasteiger partial charge in [0.1, 0.15) is 12.2 Å². The van der Waals surface area contributed by atoms with Gasteiger partial charge in [0, 0.05) is 43.8 Å². The molecule has 2 heterocycles. The normalized spacial score (nSPS) is 15.0. The number of nitrogens with zero attached hydrogens (tertiary/aromatic N) is 3. The highest BCUT2D eigenvalue weighted by Gasteiger charge is 2.27. The lowest BCUT2D eigenvalue weighted by molar-refractivity contribution is -0.144. The zero-order valence-corrected chi connectivity index (χ0v) is 16.2. The van der Waals surface area contributed by atoms with E-state index in [1.807, 2.05) is 24.3 Å². The number of benzene rings is 1. The minimum Gasteiger partial charge on any atom is -0.481 e. The summed E-state index contributed by atoms with van der Waals surface area (Å²) < 4.78 is 0. The van der Waals surface area contributed by atoms with E-state index in [1.54, 1.807) is 29.1 Å². The third-order valence-electron chi connectivity index (χ3n) is 5.25. The van der Waals surface area contributed by atoms with E-state index >= 15 is 0 Å². The first-order valence-corrected chi connectivity index (χ1v) is 9.44. The molecule has 0 bridgehead atoms. The molecule has 0 aliphatic carbocycles. The van der Waals surface area contributed by atoms with Crippen LogP contribution in [-0.2, 0) is 14.4 Å². The number of pyridine rings is 1. The predicted octanol–water partition coefficient (Wildman–Crippen LogP) is 1.75. The third-order valence-corrected chi connectivity index (χ3v) is 5.25. The van der Waals surface area contributed by atoms with Gasteiger partial charge in [-0.15, -0.1) is 0 Å². The minimum atomic E-state index is -1.12. The van der Waals surface area contributed by atoms with Crippen LogP contribution in [0, 0.1) is 0 Å². The van der Waals surface area contributed by atoms with E-state index in [2.05, 4.69) is 4.98 Å². The first-order chi connectivity index (χ1) is 13.8. The fourth-order valence-corrected chi connectivity index (χ4v) is 3.53. The molecule has 1 aromatic carbocycles. The number of carboxylic acids is 1. The van der Waals surface area contributed by atoms with E-state index in [9.17, 15) is 14.4 Å². The summed E-state index contributed by atoms with van der Waals surface area (Å²) in [5, 5.41) is 10.6. The fraction of sp³-hybridized carbons (Fsp3) is 0.333. The van der Waals surface area contributed by atoms with E-state index in [0.717, 1.165) is 16.3 Å². The SMILES string of the molecule is CN(C(=O)/C=C/c1ccc2c(N)nccc2c1)C1CCN(C(=O)CC(=O)O)CC1. The Hall–Kier alpha value is -3.42. The monoisotopic (exact) mass is 396 g/mol. The van der Waals surface area contributed by atoms with Crippen LogP contribution in [0.5, 0.6) is 0 Å². The van der Waals surface area contributed by atoms with Crippen LogP contribution in [0.25, 0.3) is 16.8 Å². The Morgan fingerprint density at radius 1 is 1.28 bits per heavy atom. The van der Waals surface area contributed by atoms with E-state index in [4.69, 9.17) is 10.8 Å². The summed E-state index contributed by atoms with van der Waals surface area (Å²) in [6.07, 6.45) is 5.72. The van der Waals surface area contributed by atoms with Crippen LogP contribution in [0.2, 0.25) is 0 Å². The average Bonchev–Trinajstić information content (AvgIpc) is 2.71. The van der Waals surface area contributed by atoms with Crippen molar-refractivity contribution in [3.8, 4) is 0 Å². The summed E-state index contributed by atoms with van der Waals surface area (Å²) in [5.41, 5.74) is 6.75. The molecule has 0 atom stereocenters. The standard InChI is InChI=1S/C21H24N4O4/c1-24(16-7-10-25(11-8-16)19(27)13-20(28)29)18(26)5-3-14-2-4-17-15(12-14)6-9-23-21(17)22/h2-6,9,12,16H,7-8,10-11,13H2,1H3,(H2,22,23)(H,28,29)/b5-3+. The topological polar surface area (TPSA) is 117 Å². The largest absolute Gasteiger partial charge is 0.481 e. The Bertz CT molecular complexity index is 964. The van der Waals surface area contributed by atoms with Crippen molar-refractivity contribution < 1.29 is 19.5 Å². The molecular weight excluding hydrogens is 372 g/mol. The van der Waals surface area contributed by atoms with E-state index in [1.165, 1.54) is 6.08 Å². The molecule has 3 N–H and O–H groups in total. The molecule has 0 saturated carbocycles. The Labute approximate surface area is 168 Å². The Kier molecular flexibility index (Phi) is 6.11. The highest BCUT2D eigenvalue weighted by Crippen LogP contribution is 2.21. The van der Waals surface area contributed by atoms with Crippen molar-refractivity contribution in [3.05, 3.63) is 42.1 Å². The lowest BCUT2D eigenvalue weighted by Crippen LogP contribution is -2.47. The molecule has 29 heavy (non-hydrogen) atoms. The molecule has 1 fully saturated rings. The van der Waals surface area contributed by atoms with Crippen LogP contribution in [0.4, 0.5) is 5.82 Å². The van der Waals surface area contributed by atoms with Gasteiger partial charge >= 0.3 is 5.97 Å². The van der Waals surface area contributed by atoms with Gasteiger partial charge in [-0.05, 0) is 42.0 Å². The molecule has 1 aliphatic heterocycles. The molecule has 8 nitrogen and oxygen atoms in total. The van der Waals surface area contributed by atoms with E-state index in [0.29, 0.717) is 31.7 Å². The van der Waals surface area contributed by atoms with E-state index < -0.39 is 12.4 Å².